The first-order valence-electron chi connectivity index (χ1n) is 7.54. The highest BCUT2D eigenvalue weighted by Crippen LogP contribution is 2.33. The highest BCUT2D eigenvalue weighted by Gasteiger charge is 2.20. The molecule has 1 unspecified atom stereocenters. The zero-order chi connectivity index (χ0) is 14.2. The molecule has 0 aliphatic heterocycles. The summed E-state index contributed by atoms with van der Waals surface area (Å²) in [5, 5.41) is 3.55. The van der Waals surface area contributed by atoms with Crippen LogP contribution in [0, 0.1) is 0 Å². The Hall–Kier alpha value is -1.71. The van der Waals surface area contributed by atoms with Crippen LogP contribution in [-0.2, 0) is 12.8 Å². The monoisotopic (exact) mass is 294 g/mol. The third-order valence-electron chi connectivity index (χ3n) is 4.29. The maximum atomic E-state index is 6.54. The lowest BCUT2D eigenvalue weighted by molar-refractivity contribution is 0.678. The van der Waals surface area contributed by atoms with Crippen LogP contribution in [0.4, 0.5) is 0 Å². The SMILES string of the molecule is NC(c1nc2c(s1)CCCC2)c1cccc2ccccc12. The zero-order valence-corrected chi connectivity index (χ0v) is 12.7. The van der Waals surface area contributed by atoms with Gasteiger partial charge in [0, 0.05) is 4.88 Å². The maximum Gasteiger partial charge on any atom is 0.114 e. The molecular weight excluding hydrogens is 276 g/mol. The highest BCUT2D eigenvalue weighted by molar-refractivity contribution is 7.11. The lowest BCUT2D eigenvalue weighted by atomic mass is 9.99. The van der Waals surface area contributed by atoms with Gasteiger partial charge in [-0.2, -0.15) is 0 Å². The lowest BCUT2D eigenvalue weighted by Crippen LogP contribution is -2.12. The molecule has 2 nitrogen and oxygen atoms in total. The first-order chi connectivity index (χ1) is 10.3. The summed E-state index contributed by atoms with van der Waals surface area (Å²) in [6.07, 6.45) is 4.85. The van der Waals surface area contributed by atoms with Gasteiger partial charge in [0.15, 0.2) is 0 Å². The van der Waals surface area contributed by atoms with E-state index in [4.69, 9.17) is 10.7 Å². The van der Waals surface area contributed by atoms with Crippen molar-refractivity contribution in [2.24, 2.45) is 5.73 Å². The van der Waals surface area contributed by atoms with Gasteiger partial charge in [0.2, 0.25) is 0 Å². The second-order valence-electron chi connectivity index (χ2n) is 5.68. The molecular formula is C18H18N2S. The summed E-state index contributed by atoms with van der Waals surface area (Å²) in [7, 11) is 0. The third-order valence-corrected chi connectivity index (χ3v) is 5.53. The molecule has 1 aromatic heterocycles. The van der Waals surface area contributed by atoms with Crippen molar-refractivity contribution < 1.29 is 0 Å². The molecule has 0 fully saturated rings. The van der Waals surface area contributed by atoms with E-state index in [2.05, 4.69) is 42.5 Å². The number of thiazole rings is 1. The summed E-state index contributed by atoms with van der Waals surface area (Å²) in [5.41, 5.74) is 9.01. The van der Waals surface area contributed by atoms with Crippen molar-refractivity contribution in [1.82, 2.24) is 4.98 Å². The van der Waals surface area contributed by atoms with Gasteiger partial charge in [-0.3, -0.25) is 0 Å². The van der Waals surface area contributed by atoms with Crippen LogP contribution in [0.3, 0.4) is 0 Å². The molecule has 3 aromatic rings. The minimum Gasteiger partial charge on any atom is -0.318 e. The van der Waals surface area contributed by atoms with Gasteiger partial charge in [-0.25, -0.2) is 4.98 Å². The molecule has 0 amide bonds. The molecule has 21 heavy (non-hydrogen) atoms. The number of rotatable bonds is 2. The van der Waals surface area contributed by atoms with E-state index in [0.29, 0.717) is 0 Å². The van der Waals surface area contributed by atoms with Crippen molar-refractivity contribution in [1.29, 1.82) is 0 Å². The number of hydrogen-bond acceptors (Lipinski definition) is 3. The van der Waals surface area contributed by atoms with Crippen LogP contribution in [0.2, 0.25) is 0 Å². The van der Waals surface area contributed by atoms with Crippen LogP contribution in [-0.4, -0.2) is 4.98 Å². The van der Waals surface area contributed by atoms with Crippen molar-refractivity contribution in [3.63, 3.8) is 0 Å². The number of hydrogen-bond donors (Lipinski definition) is 1. The molecule has 1 heterocycles. The molecule has 4 rings (SSSR count). The van der Waals surface area contributed by atoms with Gasteiger partial charge in [-0.15, -0.1) is 11.3 Å². The number of aryl methyl sites for hydroxylation is 2. The molecule has 0 radical (unpaired) electrons. The Labute approximate surface area is 128 Å². The molecule has 1 atom stereocenters. The first-order valence-corrected chi connectivity index (χ1v) is 8.36. The van der Waals surface area contributed by atoms with E-state index >= 15 is 0 Å². The van der Waals surface area contributed by atoms with Gasteiger partial charge >= 0.3 is 0 Å². The minimum atomic E-state index is -0.119. The second-order valence-corrected chi connectivity index (χ2v) is 6.79. The Morgan fingerprint density at radius 2 is 1.81 bits per heavy atom. The normalized spacial score (nSPS) is 15.9. The summed E-state index contributed by atoms with van der Waals surface area (Å²) in [6, 6.07) is 14.7. The summed E-state index contributed by atoms with van der Waals surface area (Å²) >= 11 is 1.81. The average molecular weight is 294 g/mol. The summed E-state index contributed by atoms with van der Waals surface area (Å²) in [6.45, 7) is 0. The Morgan fingerprint density at radius 3 is 2.71 bits per heavy atom. The highest BCUT2D eigenvalue weighted by atomic mass is 32.1. The van der Waals surface area contributed by atoms with Crippen LogP contribution in [0.1, 0.15) is 40.0 Å². The van der Waals surface area contributed by atoms with Gasteiger partial charge in [-0.05, 0) is 42.0 Å². The number of fused-ring (bicyclic) bond motifs is 2. The van der Waals surface area contributed by atoms with Gasteiger partial charge < -0.3 is 5.73 Å². The van der Waals surface area contributed by atoms with Crippen LogP contribution in [0.25, 0.3) is 10.8 Å². The molecule has 0 bridgehead atoms. The van der Waals surface area contributed by atoms with Crippen molar-refractivity contribution in [2.45, 2.75) is 31.7 Å². The smallest absolute Gasteiger partial charge is 0.114 e. The largest absolute Gasteiger partial charge is 0.318 e. The van der Waals surface area contributed by atoms with Gasteiger partial charge in [0.1, 0.15) is 5.01 Å². The Bertz CT molecular complexity index is 762. The van der Waals surface area contributed by atoms with E-state index in [1.165, 1.54) is 46.2 Å². The second kappa shape index (κ2) is 5.24. The fourth-order valence-corrected chi connectivity index (χ4v) is 4.33. The Morgan fingerprint density at radius 1 is 1.00 bits per heavy atom. The molecule has 2 aromatic carbocycles. The van der Waals surface area contributed by atoms with E-state index in [9.17, 15) is 0 Å². The number of aromatic nitrogens is 1. The molecule has 0 saturated heterocycles. The topological polar surface area (TPSA) is 38.9 Å². The number of nitrogens with zero attached hydrogens (tertiary/aromatic N) is 1. The van der Waals surface area contributed by atoms with E-state index in [1.54, 1.807) is 0 Å². The Balaban J connectivity index is 1.79. The molecule has 1 aliphatic rings. The van der Waals surface area contributed by atoms with Crippen LogP contribution in [0.5, 0.6) is 0 Å². The Kier molecular flexibility index (Phi) is 3.24. The van der Waals surface area contributed by atoms with Gasteiger partial charge in [0.25, 0.3) is 0 Å². The standard InChI is InChI=1S/C18H18N2S/c19-17(18-20-15-10-3-4-11-16(15)21-18)14-9-5-7-12-6-1-2-8-13(12)14/h1-2,5-9,17H,3-4,10-11,19H2. The first kappa shape index (κ1) is 13.0. The van der Waals surface area contributed by atoms with E-state index in [-0.39, 0.29) is 6.04 Å². The predicted octanol–water partition coefficient (Wildman–Crippen LogP) is 4.22. The number of benzene rings is 2. The van der Waals surface area contributed by atoms with E-state index in [1.807, 2.05) is 11.3 Å². The molecule has 1 aliphatic carbocycles. The fourth-order valence-electron chi connectivity index (χ4n) is 3.16. The van der Waals surface area contributed by atoms with Crippen molar-refractivity contribution in [3.8, 4) is 0 Å². The zero-order valence-electron chi connectivity index (χ0n) is 11.9. The van der Waals surface area contributed by atoms with Gasteiger partial charge in [-0.1, -0.05) is 42.5 Å². The molecule has 3 heteroatoms. The lowest BCUT2D eigenvalue weighted by Gasteiger charge is -2.12. The van der Waals surface area contributed by atoms with Crippen molar-refractivity contribution in [2.75, 3.05) is 0 Å². The third kappa shape index (κ3) is 2.27. The molecule has 0 spiro atoms. The summed E-state index contributed by atoms with van der Waals surface area (Å²) < 4.78 is 0. The maximum absolute atomic E-state index is 6.54. The quantitative estimate of drug-likeness (QED) is 0.768. The van der Waals surface area contributed by atoms with Crippen molar-refractivity contribution in [3.05, 3.63) is 63.6 Å². The minimum absolute atomic E-state index is 0.119. The van der Waals surface area contributed by atoms with Crippen LogP contribution in [0.15, 0.2) is 42.5 Å². The van der Waals surface area contributed by atoms with Crippen LogP contribution < -0.4 is 5.73 Å². The molecule has 2 N–H and O–H groups in total. The average Bonchev–Trinajstić information content (AvgIpc) is 2.97. The predicted molar refractivity (Wildman–Crippen MR) is 88.7 cm³/mol. The fraction of sp³-hybridized carbons (Fsp3) is 0.278. The summed E-state index contributed by atoms with van der Waals surface area (Å²) in [5.74, 6) is 0. The van der Waals surface area contributed by atoms with Gasteiger partial charge in [0.05, 0.1) is 11.7 Å². The molecule has 106 valence electrons. The van der Waals surface area contributed by atoms with Crippen molar-refractivity contribution >= 4 is 22.1 Å². The summed E-state index contributed by atoms with van der Waals surface area (Å²) in [4.78, 5) is 6.28. The molecule has 0 saturated carbocycles. The number of nitrogens with two attached hydrogens (primary N) is 1. The van der Waals surface area contributed by atoms with E-state index in [0.717, 1.165) is 11.4 Å². The van der Waals surface area contributed by atoms with E-state index < -0.39 is 0 Å². The van der Waals surface area contributed by atoms with Crippen LogP contribution >= 0.6 is 11.3 Å².